The lowest BCUT2D eigenvalue weighted by atomic mass is 10.1. The molecule has 6 rings (SSSR count). The molecule has 0 amide bonds. The number of nitrogens with two attached hydrogens (primary N) is 2. The van der Waals surface area contributed by atoms with Crippen LogP contribution in [0.25, 0.3) is 22.3 Å². The van der Waals surface area contributed by atoms with Crippen LogP contribution in [0, 0.1) is 0 Å². The zero-order valence-electron chi connectivity index (χ0n) is 28.6. The van der Waals surface area contributed by atoms with E-state index in [1.54, 1.807) is 0 Å². The lowest BCUT2D eigenvalue weighted by molar-refractivity contribution is -0.746. The molecule has 0 bridgehead atoms. The highest BCUT2D eigenvalue weighted by Gasteiger charge is 2.49. The van der Waals surface area contributed by atoms with Crippen LogP contribution < -0.4 is 41.5 Å². The number of thiol groups is 1. The van der Waals surface area contributed by atoms with Gasteiger partial charge in [-0.1, -0.05) is 22.2 Å². The average Bonchev–Trinajstić information content (AvgIpc) is 3.74. The highest BCUT2D eigenvalue weighted by atomic mass is 32.7. The Hall–Kier alpha value is -2.57. The first-order valence-electron chi connectivity index (χ1n) is 15.5. The maximum Gasteiger partial charge on any atom is 0.392 e. The molecular formula is C22H32N10O19P4S2. The van der Waals surface area contributed by atoms with E-state index in [0.717, 1.165) is 9.13 Å². The number of aryl methyl sites for hydroxylation is 2. The first-order chi connectivity index (χ1) is 26.3. The van der Waals surface area contributed by atoms with Crippen molar-refractivity contribution in [3.05, 3.63) is 33.4 Å². The Morgan fingerprint density at radius 1 is 0.807 bits per heavy atom. The van der Waals surface area contributed by atoms with Crippen molar-refractivity contribution in [3.8, 4) is 0 Å². The summed E-state index contributed by atoms with van der Waals surface area (Å²) < 4.78 is 75.6. The number of anilines is 2. The number of rotatable bonds is 14. The van der Waals surface area contributed by atoms with E-state index in [-0.39, 0.29) is 34.2 Å². The van der Waals surface area contributed by atoms with E-state index in [2.05, 4.69) is 56.9 Å². The molecule has 12 atom stereocenters. The van der Waals surface area contributed by atoms with Crippen molar-refractivity contribution < 1.29 is 89.4 Å². The van der Waals surface area contributed by atoms with E-state index in [1.807, 2.05) is 0 Å². The van der Waals surface area contributed by atoms with E-state index in [1.165, 1.54) is 35.9 Å². The number of phosphoric acid groups is 2. The van der Waals surface area contributed by atoms with Gasteiger partial charge in [0, 0.05) is 0 Å². The highest BCUT2D eigenvalue weighted by molar-refractivity contribution is 8.45. The second kappa shape index (κ2) is 15.8. The zero-order valence-corrected chi connectivity index (χ0v) is 33.9. The number of nitrogens with one attached hydrogen (secondary N) is 2. The van der Waals surface area contributed by atoms with Crippen molar-refractivity contribution in [2.24, 2.45) is 14.1 Å². The van der Waals surface area contributed by atoms with Crippen LogP contribution in [0.4, 0.5) is 11.9 Å². The fraction of sp³-hybridized carbons (Fsp3) is 0.545. The van der Waals surface area contributed by atoms with E-state index < -0.39 is 103 Å². The number of ether oxygens (including phenoxy) is 2. The van der Waals surface area contributed by atoms with Crippen LogP contribution in [0.1, 0.15) is 12.5 Å². The van der Waals surface area contributed by atoms with Crippen LogP contribution in [0.15, 0.2) is 22.2 Å². The Bertz CT molecular complexity index is 2370. The minimum Gasteiger partial charge on any atom is -0.756 e. The number of aromatic amines is 2. The van der Waals surface area contributed by atoms with Gasteiger partial charge in [-0.2, -0.15) is 0 Å². The standard InChI is InChI=1S/C22H32N10O19P4S2/c1-29-5-31(15-9(29)17(37)27-21(23)25-15)19-13(35)11(33)7(47-19)3-45-54(43,56)50-52(39,40)49-53(41,42)51-55(44,57)46-4-8-12(34)14(36)20(48-8)32-6-30(2)10-16(32)26-22(24)28-18(10)38/h5-8,11-14,19-20,33-36H,3-4H2,1-2H3,(H8-2,23,24,25,26,27,28,37,38,39,40,41,42,43,44,56,57)/t7-,8-,11-,12-,13-,14-,19-,20-,54?,55?/m1/s1. The molecule has 316 valence electrons. The number of hydrogen-bond donors (Lipinski definition) is 10. The number of aliphatic hydroxyl groups is 4. The molecule has 6 heterocycles. The summed E-state index contributed by atoms with van der Waals surface area (Å²) in [5, 5.41) is 42.4. The quantitative estimate of drug-likeness (QED) is 0.0321. The van der Waals surface area contributed by atoms with Gasteiger partial charge in [0.05, 0.1) is 27.3 Å². The first kappa shape index (κ1) is 44.0. The van der Waals surface area contributed by atoms with Crippen molar-refractivity contribution >= 4 is 87.4 Å². The van der Waals surface area contributed by atoms with Gasteiger partial charge in [-0.3, -0.25) is 42.3 Å². The SMILES string of the molecule is Cn1c[n+]([C@@H]2O[C@H](COP(=O)(S)OP(=O)([O-])OP(=O)([O-])OP(O)(=S)OC[C@H]3O[C@@H]([n+]4cn(C)c5c(=O)[nH]c(N)nc54)[C@H](O)[C@@H]3O)[C@@H](O)[C@H]2O)c2nc(N)[nH]c(=O)c21. The molecule has 2 fully saturated rings. The van der Waals surface area contributed by atoms with Gasteiger partial charge in [-0.05, 0) is 11.8 Å². The minimum atomic E-state index is -6.29. The predicted octanol–water partition coefficient (Wildman–Crippen LogP) is -5.21. The number of hydrogen-bond acceptors (Lipinski definition) is 23. The zero-order chi connectivity index (χ0) is 42.2. The number of nitrogen functional groups attached to an aromatic ring is 2. The molecule has 0 saturated carbocycles. The molecule has 0 spiro atoms. The molecular weight excluding hydrogens is 896 g/mol. The summed E-state index contributed by atoms with van der Waals surface area (Å²) in [6.07, 6.45) is -10.5. The van der Waals surface area contributed by atoms with Crippen molar-refractivity contribution in [1.82, 2.24) is 29.1 Å². The second-order valence-corrected chi connectivity index (χ2v) is 21.3. The third-order valence-corrected chi connectivity index (χ3v) is 15.9. The van der Waals surface area contributed by atoms with Gasteiger partial charge in [0.25, 0.3) is 38.7 Å². The largest absolute Gasteiger partial charge is 0.756 e. The summed E-state index contributed by atoms with van der Waals surface area (Å²) in [5.74, 6) is -0.565. The lowest BCUT2D eigenvalue weighted by Crippen LogP contribution is -2.46. The molecule has 4 unspecified atom stereocenters. The van der Waals surface area contributed by atoms with Crippen LogP contribution >= 0.6 is 41.4 Å². The van der Waals surface area contributed by atoms with Gasteiger partial charge in [0.15, 0.2) is 12.7 Å². The van der Waals surface area contributed by atoms with Crippen LogP contribution in [-0.4, -0.2) is 104 Å². The van der Waals surface area contributed by atoms with Gasteiger partial charge in [-0.15, -0.1) is 0 Å². The van der Waals surface area contributed by atoms with E-state index in [0.29, 0.717) is 0 Å². The van der Waals surface area contributed by atoms with Gasteiger partial charge in [0.1, 0.15) is 36.6 Å². The van der Waals surface area contributed by atoms with Gasteiger partial charge in [-0.25, -0.2) is 26.6 Å². The molecule has 2 aliphatic rings. The number of aliphatic hydroxyl groups excluding tert-OH is 4. The molecule has 35 heteroatoms. The summed E-state index contributed by atoms with van der Waals surface area (Å²) in [6.45, 7) is -12.2. The van der Waals surface area contributed by atoms with Crippen LogP contribution in [-0.2, 0) is 71.1 Å². The second-order valence-electron chi connectivity index (χ2n) is 12.3. The average molecular weight is 929 g/mol. The molecule has 4 aromatic rings. The minimum absolute atomic E-state index is 0.00751. The fourth-order valence-corrected chi connectivity index (χ4v) is 12.6. The van der Waals surface area contributed by atoms with Crippen LogP contribution in [0.5, 0.6) is 0 Å². The number of imidazole rings is 2. The lowest BCUT2D eigenvalue weighted by Gasteiger charge is -2.33. The van der Waals surface area contributed by atoms with Crippen LogP contribution in [0.2, 0.25) is 0 Å². The summed E-state index contributed by atoms with van der Waals surface area (Å²) >= 11 is 8.05. The molecule has 11 N–H and O–H groups in total. The third kappa shape index (κ3) is 9.28. The fourth-order valence-electron chi connectivity index (χ4n) is 5.89. The molecule has 2 aliphatic heterocycles. The first-order valence-corrected chi connectivity index (χ1v) is 23.8. The van der Waals surface area contributed by atoms with Crippen molar-refractivity contribution in [3.63, 3.8) is 0 Å². The smallest absolute Gasteiger partial charge is 0.392 e. The van der Waals surface area contributed by atoms with E-state index >= 15 is 0 Å². The van der Waals surface area contributed by atoms with Gasteiger partial charge in [0.2, 0.25) is 23.5 Å². The Labute approximate surface area is 326 Å². The summed E-state index contributed by atoms with van der Waals surface area (Å²) in [5.41, 5.74) is 9.85. The molecule has 57 heavy (non-hydrogen) atoms. The molecule has 2 saturated heterocycles. The predicted molar refractivity (Wildman–Crippen MR) is 187 cm³/mol. The summed E-state index contributed by atoms with van der Waals surface area (Å²) in [6, 6.07) is 0. The van der Waals surface area contributed by atoms with Gasteiger partial charge < -0.3 is 60.6 Å². The number of aromatic nitrogens is 8. The maximum absolute atomic E-state index is 12.8. The summed E-state index contributed by atoms with van der Waals surface area (Å²) in [4.78, 5) is 72.5. The maximum atomic E-state index is 12.8. The van der Waals surface area contributed by atoms with E-state index in [4.69, 9.17) is 30.0 Å². The molecule has 0 aliphatic carbocycles. The Morgan fingerprint density at radius 3 is 1.65 bits per heavy atom. The number of nitrogens with zero attached hydrogens (tertiary/aromatic N) is 6. The normalized spacial score (nSPS) is 29.6. The Kier molecular flexibility index (Phi) is 12.2. The molecule has 4 aromatic heterocycles. The van der Waals surface area contributed by atoms with Crippen LogP contribution in [0.3, 0.4) is 0 Å². The highest BCUT2D eigenvalue weighted by Crippen LogP contribution is 2.70. The number of fused-ring (bicyclic) bond motifs is 2. The Balaban J connectivity index is 1.04. The summed E-state index contributed by atoms with van der Waals surface area (Å²) in [7, 11) is -9.64. The topological polar surface area (TPSA) is 424 Å². The molecule has 0 aromatic carbocycles. The number of H-pyrrole nitrogens is 2. The van der Waals surface area contributed by atoms with Crippen molar-refractivity contribution in [2.75, 3.05) is 24.7 Å². The molecule has 29 nitrogen and oxygen atoms in total. The third-order valence-electron chi connectivity index (χ3n) is 8.21. The van der Waals surface area contributed by atoms with Gasteiger partial charge >= 0.3 is 24.8 Å². The monoisotopic (exact) mass is 928 g/mol. The van der Waals surface area contributed by atoms with Crippen molar-refractivity contribution in [2.45, 2.75) is 49.1 Å². The van der Waals surface area contributed by atoms with E-state index in [9.17, 15) is 58.4 Å². The Morgan fingerprint density at radius 2 is 1.21 bits per heavy atom. The molecule has 0 radical (unpaired) electrons. The van der Waals surface area contributed by atoms with Crippen molar-refractivity contribution in [1.29, 1.82) is 0 Å².